The minimum Gasteiger partial charge on any atom is -0.497 e. The number of methoxy groups -OCH3 is 1. The third-order valence-electron chi connectivity index (χ3n) is 6.80. The quantitative estimate of drug-likeness (QED) is 0.377. The highest BCUT2D eigenvalue weighted by molar-refractivity contribution is 8.00. The van der Waals surface area contributed by atoms with Gasteiger partial charge in [-0.1, -0.05) is 54.6 Å². The lowest BCUT2D eigenvalue weighted by Gasteiger charge is -2.49. The predicted molar refractivity (Wildman–Crippen MR) is 146 cm³/mol. The number of allylic oxidation sites excluding steroid dienone is 1. The molecule has 204 valence electrons. The standard InChI is InChI=1S/C29H31N3O6S/c1-31-15-14-23(38-31)13-10-21-18-39-28-25(30-24(33)16-19-6-4-3-5-7-19)27(34)32(28)26(21)29(35)37-17-20-8-11-22(36-2)12-9-20/h3-13,23,25,28H,14-18H2,1-2H3,(H,30,33)/b13-10+/t23-,25+,28+/m0/s1. The van der Waals surface area contributed by atoms with Crippen LogP contribution in [-0.4, -0.2) is 71.7 Å². The maximum Gasteiger partial charge on any atom is 0.355 e. The van der Waals surface area contributed by atoms with Crippen LogP contribution in [0.1, 0.15) is 17.5 Å². The topological polar surface area (TPSA) is 97.4 Å². The number of β-lactam (4-membered cyclic amide) rings is 1. The van der Waals surface area contributed by atoms with E-state index in [4.69, 9.17) is 14.3 Å². The molecule has 2 aromatic carbocycles. The van der Waals surface area contributed by atoms with E-state index >= 15 is 0 Å². The van der Waals surface area contributed by atoms with Crippen LogP contribution in [0.25, 0.3) is 0 Å². The Bertz CT molecular complexity index is 1280. The highest BCUT2D eigenvalue weighted by Crippen LogP contribution is 2.41. The van der Waals surface area contributed by atoms with Crippen molar-refractivity contribution in [3.8, 4) is 5.75 Å². The van der Waals surface area contributed by atoms with Gasteiger partial charge >= 0.3 is 5.97 Å². The van der Waals surface area contributed by atoms with Gasteiger partial charge in [0, 0.05) is 19.3 Å². The Labute approximate surface area is 231 Å². The smallest absolute Gasteiger partial charge is 0.355 e. The minimum absolute atomic E-state index is 0.0525. The summed E-state index contributed by atoms with van der Waals surface area (Å²) in [5.74, 6) is 0.0561. The first-order chi connectivity index (χ1) is 18.9. The van der Waals surface area contributed by atoms with Crippen LogP contribution in [0, 0.1) is 0 Å². The Morgan fingerprint density at radius 3 is 2.59 bits per heavy atom. The van der Waals surface area contributed by atoms with Crippen LogP contribution in [0.2, 0.25) is 0 Å². The largest absolute Gasteiger partial charge is 0.497 e. The number of hydrogen-bond donors (Lipinski definition) is 1. The number of esters is 1. The number of hydrogen-bond acceptors (Lipinski definition) is 8. The first-order valence-corrected chi connectivity index (χ1v) is 13.8. The van der Waals surface area contributed by atoms with Crippen molar-refractivity contribution in [2.24, 2.45) is 0 Å². The maximum atomic E-state index is 13.4. The molecule has 39 heavy (non-hydrogen) atoms. The number of hydroxylamine groups is 2. The molecule has 0 spiro atoms. The predicted octanol–water partition coefficient (Wildman–Crippen LogP) is 2.83. The summed E-state index contributed by atoms with van der Waals surface area (Å²) < 4.78 is 10.8. The second-order valence-corrected chi connectivity index (χ2v) is 10.7. The summed E-state index contributed by atoms with van der Waals surface area (Å²) in [4.78, 5) is 46.5. The van der Waals surface area contributed by atoms with Crippen LogP contribution in [0.15, 0.2) is 78.0 Å². The van der Waals surface area contributed by atoms with Crippen molar-refractivity contribution in [3.63, 3.8) is 0 Å². The van der Waals surface area contributed by atoms with Crippen molar-refractivity contribution in [1.82, 2.24) is 15.3 Å². The van der Waals surface area contributed by atoms with Gasteiger partial charge in [0.25, 0.3) is 5.91 Å². The van der Waals surface area contributed by atoms with E-state index in [0.717, 1.165) is 24.1 Å². The Kier molecular flexibility index (Phi) is 8.35. The molecular formula is C29H31N3O6S. The van der Waals surface area contributed by atoms with Crippen molar-refractivity contribution >= 4 is 29.5 Å². The molecular weight excluding hydrogens is 518 g/mol. The van der Waals surface area contributed by atoms with Crippen LogP contribution in [0.4, 0.5) is 0 Å². The molecule has 0 aliphatic carbocycles. The molecule has 0 saturated carbocycles. The number of amides is 2. The molecule has 10 heteroatoms. The van der Waals surface area contributed by atoms with E-state index in [2.05, 4.69) is 5.32 Å². The molecule has 3 aliphatic rings. The van der Waals surface area contributed by atoms with Gasteiger partial charge in [0.05, 0.1) is 19.6 Å². The number of thioether (sulfide) groups is 1. The molecule has 0 radical (unpaired) electrons. The molecule has 0 unspecified atom stereocenters. The normalized spacial score (nSPS) is 23.0. The van der Waals surface area contributed by atoms with Gasteiger partial charge in [-0.15, -0.1) is 11.8 Å². The van der Waals surface area contributed by atoms with E-state index in [0.29, 0.717) is 17.1 Å². The number of carbonyl (C=O) groups is 3. The van der Waals surface area contributed by atoms with Gasteiger partial charge in [0.2, 0.25) is 5.91 Å². The Morgan fingerprint density at radius 2 is 1.90 bits per heavy atom. The minimum atomic E-state index is -0.701. The highest BCUT2D eigenvalue weighted by Gasteiger charge is 2.54. The average molecular weight is 550 g/mol. The molecule has 5 rings (SSSR count). The average Bonchev–Trinajstić information content (AvgIpc) is 3.38. The van der Waals surface area contributed by atoms with Crippen LogP contribution in [0.3, 0.4) is 0 Å². The number of rotatable bonds is 9. The Balaban J connectivity index is 1.31. The molecule has 1 N–H and O–H groups in total. The van der Waals surface area contributed by atoms with Crippen molar-refractivity contribution in [1.29, 1.82) is 0 Å². The fraction of sp³-hybridized carbons (Fsp3) is 0.345. The zero-order valence-electron chi connectivity index (χ0n) is 21.9. The van der Waals surface area contributed by atoms with Crippen LogP contribution in [-0.2, 0) is 37.0 Å². The third kappa shape index (κ3) is 6.19. The van der Waals surface area contributed by atoms with Gasteiger partial charge in [-0.25, -0.2) is 4.79 Å². The third-order valence-corrected chi connectivity index (χ3v) is 8.10. The number of nitrogens with one attached hydrogen (secondary N) is 1. The zero-order chi connectivity index (χ0) is 27.4. The molecule has 3 aliphatic heterocycles. The fourth-order valence-corrected chi connectivity index (χ4v) is 6.02. The maximum absolute atomic E-state index is 13.4. The van der Waals surface area contributed by atoms with Crippen LogP contribution in [0.5, 0.6) is 5.75 Å². The van der Waals surface area contributed by atoms with Crippen molar-refractivity contribution < 1.29 is 28.7 Å². The second-order valence-electron chi connectivity index (χ2n) is 9.56. The lowest BCUT2D eigenvalue weighted by Crippen LogP contribution is -2.70. The van der Waals surface area contributed by atoms with Gasteiger partial charge < -0.3 is 14.8 Å². The lowest BCUT2D eigenvalue weighted by molar-refractivity contribution is -0.153. The van der Waals surface area contributed by atoms with E-state index in [9.17, 15) is 14.4 Å². The van der Waals surface area contributed by atoms with E-state index in [1.165, 1.54) is 16.7 Å². The van der Waals surface area contributed by atoms with E-state index in [1.54, 1.807) is 24.3 Å². The first kappa shape index (κ1) is 27.0. The Morgan fingerprint density at radius 1 is 1.13 bits per heavy atom. The summed E-state index contributed by atoms with van der Waals surface area (Å²) >= 11 is 1.51. The number of benzene rings is 2. The number of nitrogens with zero attached hydrogens (tertiary/aromatic N) is 2. The summed E-state index contributed by atoms with van der Waals surface area (Å²) in [5, 5.41) is 4.25. The highest BCUT2D eigenvalue weighted by atomic mass is 32.2. The summed E-state index contributed by atoms with van der Waals surface area (Å²) in [6, 6.07) is 15.9. The molecule has 2 saturated heterocycles. The molecule has 2 amide bonds. The summed E-state index contributed by atoms with van der Waals surface area (Å²) in [7, 11) is 3.46. The van der Waals surface area contributed by atoms with Gasteiger partial charge in [0.1, 0.15) is 29.5 Å². The van der Waals surface area contributed by atoms with E-state index < -0.39 is 12.0 Å². The fourth-order valence-electron chi connectivity index (χ4n) is 4.71. The molecule has 2 aromatic rings. The van der Waals surface area contributed by atoms with Gasteiger partial charge in [-0.3, -0.25) is 19.3 Å². The number of fused-ring (bicyclic) bond motifs is 1. The van der Waals surface area contributed by atoms with Crippen LogP contribution < -0.4 is 10.1 Å². The molecule has 9 nitrogen and oxygen atoms in total. The van der Waals surface area contributed by atoms with Gasteiger partial charge in [-0.2, -0.15) is 5.06 Å². The summed E-state index contributed by atoms with van der Waals surface area (Å²) in [6.07, 6.45) is 4.69. The van der Waals surface area contributed by atoms with Gasteiger partial charge in [-0.05, 0) is 35.3 Å². The molecule has 2 fully saturated rings. The van der Waals surface area contributed by atoms with Crippen molar-refractivity contribution in [2.45, 2.75) is 37.0 Å². The Hall–Kier alpha value is -3.60. The molecule has 0 aromatic heterocycles. The van der Waals surface area contributed by atoms with Gasteiger partial charge in [0.15, 0.2) is 0 Å². The SMILES string of the molecule is COc1ccc(COC(=O)C2=C(/C=C/[C@H]3CCN(C)O3)CS[C@@H]3[C@H](NC(=O)Cc4ccccc4)C(=O)N23)cc1. The molecule has 0 bridgehead atoms. The zero-order valence-corrected chi connectivity index (χ0v) is 22.7. The number of ether oxygens (including phenoxy) is 2. The van der Waals surface area contributed by atoms with E-state index in [-0.39, 0.29) is 42.0 Å². The molecule has 3 atom stereocenters. The first-order valence-electron chi connectivity index (χ1n) is 12.8. The lowest BCUT2D eigenvalue weighted by atomic mass is 10.0. The summed E-state index contributed by atoms with van der Waals surface area (Å²) in [6.45, 7) is 0.869. The van der Waals surface area contributed by atoms with Crippen molar-refractivity contribution in [2.75, 3.05) is 26.5 Å². The monoisotopic (exact) mass is 549 g/mol. The van der Waals surface area contributed by atoms with Crippen molar-refractivity contribution in [3.05, 3.63) is 89.1 Å². The van der Waals surface area contributed by atoms with E-state index in [1.807, 2.05) is 61.7 Å². The molecule has 3 heterocycles. The number of carbonyl (C=O) groups excluding carboxylic acids is 3. The summed E-state index contributed by atoms with van der Waals surface area (Å²) in [5.41, 5.74) is 2.57. The second kappa shape index (κ2) is 12.1. The van der Waals surface area contributed by atoms with Crippen LogP contribution >= 0.6 is 11.8 Å².